The second kappa shape index (κ2) is 15.2. The molecule has 0 atom stereocenters. The predicted octanol–water partition coefficient (Wildman–Crippen LogP) is 16.2. The van der Waals surface area contributed by atoms with Gasteiger partial charge in [-0.3, -0.25) is 0 Å². The SMILES string of the molecule is c1ccc(-c2cc(-c3ccccc3)cc(N(c3cccc(-c4ccc5nc(-c6ccccc6)oc5c4)c3)c3ccc4c(c3)c3ccc5ccccc5c3n4-c3ccccc3)c2)cc1. The van der Waals surface area contributed by atoms with Gasteiger partial charge >= 0.3 is 0 Å². The van der Waals surface area contributed by atoms with Gasteiger partial charge in [-0.05, 0) is 124 Å². The standard InChI is InChI=1S/C59H39N3O/c1-5-16-40(17-6-1)46-34-47(41-18-7-2-8-19-41)37-51(36-46)61(49-26-15-23-44(35-49)45-29-32-55-57(38-45)63-59(60-55)43-21-9-3-10-22-43)50-30-33-56-54(39-50)53-31-28-42-20-13-14-27-52(42)58(53)62(56)48-24-11-4-12-25-48/h1-39H. The smallest absolute Gasteiger partial charge is 0.227 e. The molecule has 0 saturated heterocycles. The minimum Gasteiger partial charge on any atom is -0.436 e. The highest BCUT2D eigenvalue weighted by molar-refractivity contribution is 6.19. The number of para-hydroxylation sites is 1. The first-order chi connectivity index (χ1) is 31.2. The van der Waals surface area contributed by atoms with E-state index < -0.39 is 0 Å². The molecule has 4 nitrogen and oxygen atoms in total. The summed E-state index contributed by atoms with van der Waals surface area (Å²) in [6.07, 6.45) is 0. The third-order valence-corrected chi connectivity index (χ3v) is 12.1. The fraction of sp³-hybridized carbons (Fsp3) is 0. The van der Waals surface area contributed by atoms with Gasteiger partial charge in [0.05, 0.1) is 11.0 Å². The lowest BCUT2D eigenvalue weighted by Crippen LogP contribution is -2.10. The van der Waals surface area contributed by atoms with Crippen molar-refractivity contribution in [2.45, 2.75) is 0 Å². The molecule has 0 aliphatic heterocycles. The van der Waals surface area contributed by atoms with Crippen molar-refractivity contribution in [3.8, 4) is 50.5 Å². The summed E-state index contributed by atoms with van der Waals surface area (Å²) in [5, 5.41) is 4.84. The Bertz CT molecular complexity index is 3550. The van der Waals surface area contributed by atoms with Crippen molar-refractivity contribution >= 4 is 60.7 Å². The number of fused-ring (bicyclic) bond motifs is 6. The van der Waals surface area contributed by atoms with Gasteiger partial charge in [0.15, 0.2) is 5.58 Å². The van der Waals surface area contributed by atoms with Crippen LogP contribution < -0.4 is 4.90 Å². The van der Waals surface area contributed by atoms with Crippen molar-refractivity contribution in [1.29, 1.82) is 0 Å². The summed E-state index contributed by atoms with van der Waals surface area (Å²) in [5.41, 5.74) is 15.9. The largest absolute Gasteiger partial charge is 0.436 e. The van der Waals surface area contributed by atoms with E-state index in [4.69, 9.17) is 9.40 Å². The Labute approximate surface area is 365 Å². The molecule has 12 rings (SSSR count). The van der Waals surface area contributed by atoms with Crippen molar-refractivity contribution in [1.82, 2.24) is 9.55 Å². The summed E-state index contributed by atoms with van der Waals surface area (Å²) in [6.45, 7) is 0. The Hall–Kier alpha value is -8.47. The Morgan fingerprint density at radius 1 is 0.365 bits per heavy atom. The Balaban J connectivity index is 1.09. The molecular formula is C59H39N3O. The van der Waals surface area contributed by atoms with Crippen LogP contribution in [0.3, 0.4) is 0 Å². The minimum atomic E-state index is 0.618. The molecular weight excluding hydrogens is 767 g/mol. The number of anilines is 3. The van der Waals surface area contributed by atoms with Crippen LogP contribution in [-0.4, -0.2) is 9.55 Å². The van der Waals surface area contributed by atoms with E-state index in [2.05, 4.69) is 216 Å². The predicted molar refractivity (Wildman–Crippen MR) is 262 cm³/mol. The van der Waals surface area contributed by atoms with Gasteiger partial charge in [0.2, 0.25) is 5.89 Å². The zero-order chi connectivity index (χ0) is 41.7. The van der Waals surface area contributed by atoms with Gasteiger partial charge in [0.25, 0.3) is 0 Å². The van der Waals surface area contributed by atoms with Crippen LogP contribution in [0.5, 0.6) is 0 Å². The second-order valence-corrected chi connectivity index (χ2v) is 16.0. The van der Waals surface area contributed by atoms with Crippen LogP contribution in [0.1, 0.15) is 0 Å². The van der Waals surface area contributed by atoms with E-state index >= 15 is 0 Å². The average molecular weight is 806 g/mol. The van der Waals surface area contributed by atoms with Crippen LogP contribution in [0.4, 0.5) is 17.1 Å². The van der Waals surface area contributed by atoms with Crippen molar-refractivity contribution < 1.29 is 4.42 Å². The van der Waals surface area contributed by atoms with Gasteiger partial charge in [-0.1, -0.05) is 152 Å². The van der Waals surface area contributed by atoms with E-state index in [1.807, 2.05) is 30.3 Å². The number of benzene rings is 10. The zero-order valence-corrected chi connectivity index (χ0v) is 34.3. The zero-order valence-electron chi connectivity index (χ0n) is 34.3. The van der Waals surface area contributed by atoms with E-state index in [-0.39, 0.29) is 0 Å². The van der Waals surface area contributed by atoms with Gasteiger partial charge in [0.1, 0.15) is 5.52 Å². The van der Waals surface area contributed by atoms with Crippen LogP contribution in [0.15, 0.2) is 241 Å². The first-order valence-corrected chi connectivity index (χ1v) is 21.4. The molecule has 296 valence electrons. The lowest BCUT2D eigenvalue weighted by atomic mass is 9.97. The fourth-order valence-corrected chi connectivity index (χ4v) is 9.17. The topological polar surface area (TPSA) is 34.2 Å². The molecule has 0 amide bonds. The summed E-state index contributed by atoms with van der Waals surface area (Å²) < 4.78 is 8.78. The van der Waals surface area contributed by atoms with Crippen molar-refractivity contribution in [3.63, 3.8) is 0 Å². The van der Waals surface area contributed by atoms with Crippen LogP contribution in [-0.2, 0) is 0 Å². The normalized spacial score (nSPS) is 11.5. The quantitative estimate of drug-likeness (QED) is 0.153. The van der Waals surface area contributed by atoms with Crippen LogP contribution in [0.25, 0.3) is 94.2 Å². The van der Waals surface area contributed by atoms with Crippen LogP contribution in [0.2, 0.25) is 0 Å². The molecule has 0 aliphatic rings. The molecule has 0 fully saturated rings. The van der Waals surface area contributed by atoms with Gasteiger partial charge in [-0.2, -0.15) is 0 Å². The van der Waals surface area contributed by atoms with E-state index in [9.17, 15) is 0 Å². The maximum absolute atomic E-state index is 6.36. The third kappa shape index (κ3) is 6.53. The highest BCUT2D eigenvalue weighted by Crippen LogP contribution is 2.44. The summed E-state index contributed by atoms with van der Waals surface area (Å²) >= 11 is 0. The van der Waals surface area contributed by atoms with Gasteiger partial charge in [-0.25, -0.2) is 4.98 Å². The fourth-order valence-electron chi connectivity index (χ4n) is 9.17. The number of aromatic nitrogens is 2. The number of rotatable bonds is 8. The first kappa shape index (κ1) is 36.4. The van der Waals surface area contributed by atoms with Crippen LogP contribution >= 0.6 is 0 Å². The average Bonchev–Trinajstić information content (AvgIpc) is 3.95. The Morgan fingerprint density at radius 3 is 1.70 bits per heavy atom. The maximum atomic E-state index is 6.36. The molecule has 63 heavy (non-hydrogen) atoms. The van der Waals surface area contributed by atoms with Crippen molar-refractivity contribution in [2.75, 3.05) is 4.90 Å². The molecule has 2 heterocycles. The number of nitrogens with zero attached hydrogens (tertiary/aromatic N) is 3. The molecule has 0 N–H and O–H groups in total. The van der Waals surface area contributed by atoms with E-state index in [0.717, 1.165) is 78.3 Å². The summed E-state index contributed by atoms with van der Waals surface area (Å²) in [4.78, 5) is 7.23. The van der Waals surface area contributed by atoms with E-state index in [1.165, 1.54) is 27.1 Å². The number of hydrogen-bond acceptors (Lipinski definition) is 3. The van der Waals surface area contributed by atoms with Crippen molar-refractivity contribution in [3.05, 3.63) is 237 Å². The molecule has 0 bridgehead atoms. The molecule has 2 aromatic heterocycles. The van der Waals surface area contributed by atoms with Crippen molar-refractivity contribution in [2.24, 2.45) is 0 Å². The van der Waals surface area contributed by atoms with E-state index in [1.54, 1.807) is 0 Å². The monoisotopic (exact) mass is 805 g/mol. The van der Waals surface area contributed by atoms with Crippen LogP contribution in [0, 0.1) is 0 Å². The van der Waals surface area contributed by atoms with E-state index in [0.29, 0.717) is 5.89 Å². The second-order valence-electron chi connectivity index (χ2n) is 16.0. The minimum absolute atomic E-state index is 0.618. The van der Waals surface area contributed by atoms with Gasteiger partial charge < -0.3 is 13.9 Å². The number of oxazole rings is 1. The summed E-state index contributed by atoms with van der Waals surface area (Å²) in [5.74, 6) is 0.618. The molecule has 0 unspecified atom stereocenters. The summed E-state index contributed by atoms with van der Waals surface area (Å²) in [6, 6.07) is 84.4. The number of hydrogen-bond donors (Lipinski definition) is 0. The molecule has 4 heteroatoms. The summed E-state index contributed by atoms with van der Waals surface area (Å²) in [7, 11) is 0. The Morgan fingerprint density at radius 2 is 0.968 bits per heavy atom. The highest BCUT2D eigenvalue weighted by atomic mass is 16.3. The molecule has 10 aromatic carbocycles. The highest BCUT2D eigenvalue weighted by Gasteiger charge is 2.21. The third-order valence-electron chi connectivity index (χ3n) is 12.1. The van der Waals surface area contributed by atoms with Gasteiger partial charge in [-0.15, -0.1) is 0 Å². The molecule has 12 aromatic rings. The lowest BCUT2D eigenvalue weighted by molar-refractivity contribution is 0.620. The molecule has 0 radical (unpaired) electrons. The molecule has 0 saturated carbocycles. The first-order valence-electron chi connectivity index (χ1n) is 21.4. The molecule has 0 spiro atoms. The molecule has 0 aliphatic carbocycles. The van der Waals surface area contributed by atoms with Gasteiger partial charge in [0, 0.05) is 44.5 Å². The Kier molecular flexibility index (Phi) is 8.79. The maximum Gasteiger partial charge on any atom is 0.227 e. The lowest BCUT2D eigenvalue weighted by Gasteiger charge is -2.27.